The number of benzene rings is 3. The largest absolute Gasteiger partial charge is 0.573 e. The van der Waals surface area contributed by atoms with Gasteiger partial charge in [0.05, 0.1) is 35.8 Å². The first kappa shape index (κ1) is 33.2. The predicted octanol–water partition coefficient (Wildman–Crippen LogP) is 7.28. The maximum Gasteiger partial charge on any atom is 0.573 e. The summed E-state index contributed by atoms with van der Waals surface area (Å²) in [6, 6.07) is 12.0. The second-order valence-corrected chi connectivity index (χ2v) is 10.7. The molecule has 10 nitrogen and oxygen atoms in total. The molecule has 3 amide bonds. The lowest BCUT2D eigenvalue weighted by Gasteiger charge is -2.20. The van der Waals surface area contributed by atoms with Gasteiger partial charge in [-0.25, -0.2) is 18.9 Å². The second kappa shape index (κ2) is 13.3. The number of carbonyl (C=O) groups excluding carboxylic acids is 2. The zero-order valence-corrected chi connectivity index (χ0v) is 24.7. The number of amides is 3. The fourth-order valence-corrected chi connectivity index (χ4v) is 5.07. The van der Waals surface area contributed by atoms with Crippen molar-refractivity contribution in [2.45, 2.75) is 25.9 Å². The number of nitrogens with one attached hydrogen (secondary N) is 1. The Bertz CT molecular complexity index is 1840. The number of amidine groups is 1. The third-order valence-corrected chi connectivity index (χ3v) is 7.16. The molecule has 47 heavy (non-hydrogen) atoms. The van der Waals surface area contributed by atoms with Crippen LogP contribution >= 0.6 is 11.8 Å². The monoisotopic (exact) mass is 682 g/mol. The first-order valence-corrected chi connectivity index (χ1v) is 14.4. The van der Waals surface area contributed by atoms with E-state index < -0.39 is 49.1 Å². The average Bonchev–Trinajstić information content (AvgIpc) is 3.61. The van der Waals surface area contributed by atoms with Gasteiger partial charge < -0.3 is 14.8 Å². The summed E-state index contributed by atoms with van der Waals surface area (Å²) in [5.41, 5.74) is 0.830. The number of aryl methyl sites for hydroxylation is 1. The number of hydrogen-bond acceptors (Lipinski definition) is 7. The predicted molar refractivity (Wildman–Crippen MR) is 157 cm³/mol. The molecule has 1 aliphatic rings. The average molecular weight is 683 g/mol. The summed E-state index contributed by atoms with van der Waals surface area (Å²) in [6.45, 7) is 0.995. The summed E-state index contributed by atoms with van der Waals surface area (Å²) in [5, 5.41) is 6.34. The normalized spacial score (nSPS) is 14.5. The van der Waals surface area contributed by atoms with Gasteiger partial charge in [0.1, 0.15) is 23.6 Å². The van der Waals surface area contributed by atoms with E-state index in [4.69, 9.17) is 4.74 Å². The number of halogens is 7. The number of alkyl halides is 6. The van der Waals surface area contributed by atoms with Gasteiger partial charge in [0.15, 0.2) is 11.0 Å². The molecule has 18 heteroatoms. The molecule has 0 saturated carbocycles. The van der Waals surface area contributed by atoms with Crippen molar-refractivity contribution in [3.63, 3.8) is 0 Å². The lowest BCUT2D eigenvalue weighted by atomic mass is 10.2. The molecule has 0 bridgehead atoms. The van der Waals surface area contributed by atoms with E-state index in [0.717, 1.165) is 39.5 Å². The Morgan fingerprint density at radius 1 is 1.06 bits per heavy atom. The number of aromatic nitrogens is 3. The van der Waals surface area contributed by atoms with Crippen LogP contribution in [-0.2, 0) is 4.79 Å². The Balaban J connectivity index is 1.30. The van der Waals surface area contributed by atoms with Crippen molar-refractivity contribution >= 4 is 40.2 Å². The first-order chi connectivity index (χ1) is 22.1. The van der Waals surface area contributed by atoms with Gasteiger partial charge in [-0.3, -0.25) is 9.69 Å². The number of urea groups is 1. The molecule has 4 aromatic rings. The SMILES string of the molecule is Cc1ccc(OCCC(F)(F)F)c(N2C(=O)CS/C2=N\C(=O)Nc2ccc(-c3ncn(-c4cccc(OC(F)(F)F)c4)n3)cc2F)c1. The minimum Gasteiger partial charge on any atom is -0.491 e. The molecule has 3 aromatic carbocycles. The van der Waals surface area contributed by atoms with Gasteiger partial charge >= 0.3 is 18.6 Å². The van der Waals surface area contributed by atoms with E-state index in [1.807, 2.05) is 0 Å². The summed E-state index contributed by atoms with van der Waals surface area (Å²) < 4.78 is 101. The van der Waals surface area contributed by atoms with Crippen LogP contribution in [0.25, 0.3) is 17.1 Å². The smallest absolute Gasteiger partial charge is 0.491 e. The Morgan fingerprint density at radius 2 is 1.85 bits per heavy atom. The van der Waals surface area contributed by atoms with E-state index in [1.54, 1.807) is 13.0 Å². The van der Waals surface area contributed by atoms with Crippen LogP contribution in [0.2, 0.25) is 0 Å². The third-order valence-electron chi connectivity index (χ3n) is 6.24. The molecule has 246 valence electrons. The van der Waals surface area contributed by atoms with E-state index in [9.17, 15) is 35.9 Å². The van der Waals surface area contributed by atoms with E-state index in [0.29, 0.717) is 5.56 Å². The number of aliphatic imine (C=N–C) groups is 1. The Morgan fingerprint density at radius 3 is 2.57 bits per heavy atom. The highest BCUT2D eigenvalue weighted by Gasteiger charge is 2.34. The quantitative estimate of drug-likeness (QED) is 0.195. The summed E-state index contributed by atoms with van der Waals surface area (Å²) in [7, 11) is 0. The van der Waals surface area contributed by atoms with Gasteiger partial charge in [-0.2, -0.15) is 18.2 Å². The Hall–Kier alpha value is -5.13. The molecule has 0 spiro atoms. The van der Waals surface area contributed by atoms with Crippen LogP contribution in [-0.4, -0.2) is 56.8 Å². The van der Waals surface area contributed by atoms with Crippen LogP contribution in [0, 0.1) is 12.7 Å². The van der Waals surface area contributed by atoms with Gasteiger partial charge in [0.25, 0.3) is 0 Å². The summed E-state index contributed by atoms with van der Waals surface area (Å²) in [6.07, 6.45) is -9.35. The zero-order chi connectivity index (χ0) is 33.9. The van der Waals surface area contributed by atoms with Crippen LogP contribution in [0.5, 0.6) is 11.5 Å². The molecular formula is C29H21F7N6O4S. The van der Waals surface area contributed by atoms with Gasteiger partial charge in [0.2, 0.25) is 5.91 Å². The van der Waals surface area contributed by atoms with Crippen molar-refractivity contribution in [1.29, 1.82) is 0 Å². The van der Waals surface area contributed by atoms with Crippen molar-refractivity contribution in [2.75, 3.05) is 22.6 Å². The number of thioether (sulfide) groups is 1. The maximum absolute atomic E-state index is 15.0. The number of hydrogen-bond donors (Lipinski definition) is 1. The highest BCUT2D eigenvalue weighted by molar-refractivity contribution is 8.15. The fourth-order valence-electron chi connectivity index (χ4n) is 4.21. The number of anilines is 2. The van der Waals surface area contributed by atoms with Crippen molar-refractivity contribution in [3.8, 4) is 28.6 Å². The summed E-state index contributed by atoms with van der Waals surface area (Å²) in [4.78, 5) is 34.5. The summed E-state index contributed by atoms with van der Waals surface area (Å²) in [5.74, 6) is -2.01. The lowest BCUT2D eigenvalue weighted by molar-refractivity contribution is -0.274. The van der Waals surface area contributed by atoms with E-state index in [-0.39, 0.29) is 45.1 Å². The molecular weight excluding hydrogens is 661 g/mol. The summed E-state index contributed by atoms with van der Waals surface area (Å²) >= 11 is 0.897. The number of carbonyl (C=O) groups is 2. The molecule has 1 aliphatic heterocycles. The molecule has 1 fully saturated rings. The van der Waals surface area contributed by atoms with Gasteiger partial charge in [-0.05, 0) is 55.0 Å². The number of ether oxygens (including phenoxy) is 2. The van der Waals surface area contributed by atoms with Crippen molar-refractivity contribution in [1.82, 2.24) is 14.8 Å². The minimum absolute atomic E-state index is 0.0204. The van der Waals surface area contributed by atoms with Gasteiger partial charge in [-0.15, -0.1) is 18.3 Å². The Kier molecular flexibility index (Phi) is 9.41. The molecule has 1 saturated heterocycles. The minimum atomic E-state index is -4.89. The number of rotatable bonds is 8. The molecule has 0 unspecified atom stereocenters. The Labute approximate surface area is 265 Å². The molecule has 0 atom stereocenters. The van der Waals surface area contributed by atoms with Crippen LogP contribution in [0.3, 0.4) is 0 Å². The van der Waals surface area contributed by atoms with Crippen LogP contribution in [0.1, 0.15) is 12.0 Å². The maximum atomic E-state index is 15.0. The molecule has 5 rings (SSSR count). The van der Waals surface area contributed by atoms with Crippen LogP contribution in [0.15, 0.2) is 72.0 Å². The fraction of sp³-hybridized carbons (Fsp3) is 0.207. The third kappa shape index (κ3) is 8.57. The van der Waals surface area contributed by atoms with Crippen molar-refractivity contribution < 1.29 is 49.8 Å². The van der Waals surface area contributed by atoms with Crippen molar-refractivity contribution in [3.05, 3.63) is 78.4 Å². The van der Waals surface area contributed by atoms with E-state index in [2.05, 4.69) is 25.1 Å². The first-order valence-electron chi connectivity index (χ1n) is 13.4. The van der Waals surface area contributed by atoms with Crippen LogP contribution < -0.4 is 19.7 Å². The molecule has 0 aliphatic carbocycles. The lowest BCUT2D eigenvalue weighted by Crippen LogP contribution is -2.31. The molecule has 1 aromatic heterocycles. The van der Waals surface area contributed by atoms with Crippen molar-refractivity contribution in [2.24, 2.45) is 4.99 Å². The highest BCUT2D eigenvalue weighted by atomic mass is 32.2. The van der Waals surface area contributed by atoms with Crippen LogP contribution in [0.4, 0.5) is 46.9 Å². The zero-order valence-electron chi connectivity index (χ0n) is 23.9. The van der Waals surface area contributed by atoms with Gasteiger partial charge in [-0.1, -0.05) is 23.9 Å². The second-order valence-electron chi connectivity index (χ2n) is 9.78. The standard InChI is InChI=1S/C29H21F7N6O4S/c1-16-5-8-23(45-10-9-28(31,32)33)22(11-16)42-24(43)14-47-27(42)39-26(44)38-21-7-6-17(12-20(21)30)25-37-15-41(40-25)18-3-2-4-19(13-18)46-29(34,35)36/h2-8,11-13,15H,9-10,14H2,1H3,(H,38,44)/b39-27-. The van der Waals surface area contributed by atoms with E-state index in [1.165, 1.54) is 42.7 Å². The molecule has 0 radical (unpaired) electrons. The van der Waals surface area contributed by atoms with Gasteiger partial charge in [0, 0.05) is 11.6 Å². The highest BCUT2D eigenvalue weighted by Crippen LogP contribution is 2.36. The number of nitrogens with zero attached hydrogens (tertiary/aromatic N) is 5. The molecule has 1 N–H and O–H groups in total. The van der Waals surface area contributed by atoms with E-state index >= 15 is 4.39 Å². The molecule has 2 heterocycles. The topological polar surface area (TPSA) is 111 Å².